The Morgan fingerprint density at radius 3 is 2.69 bits per heavy atom. The molecule has 0 saturated heterocycles. The van der Waals surface area contributed by atoms with Crippen molar-refractivity contribution in [2.45, 2.75) is 31.1 Å². The Labute approximate surface area is 109 Å². The first-order valence-electron chi connectivity index (χ1n) is 5.52. The zero-order chi connectivity index (χ0) is 11.8. The van der Waals surface area contributed by atoms with Gasteiger partial charge in [-0.1, -0.05) is 60.0 Å². The molecule has 0 aromatic heterocycles. The van der Waals surface area contributed by atoms with Crippen LogP contribution in [0, 0.1) is 0 Å². The number of hydrogen-bond donors (Lipinski definition) is 0. The first-order valence-corrected chi connectivity index (χ1v) is 7.63. The largest absolute Gasteiger partial charge is 0.254 e. The summed E-state index contributed by atoms with van der Waals surface area (Å²) in [6.07, 6.45) is 5.57. The molecule has 1 aromatic carbocycles. The standard InChI is InChI=1S/C13H17BrOS/c1-2-3-5-8-12(14)11-16(15)13-9-6-4-7-10-13/h4,6-10H,2-3,5,11H2,1H3/b12-8+. The minimum atomic E-state index is -0.934. The van der Waals surface area contributed by atoms with E-state index in [0.717, 1.165) is 15.8 Å². The van der Waals surface area contributed by atoms with E-state index in [9.17, 15) is 4.21 Å². The maximum Gasteiger partial charge on any atom is 0.0595 e. The maximum absolute atomic E-state index is 11.9. The van der Waals surface area contributed by atoms with Crippen molar-refractivity contribution in [1.29, 1.82) is 0 Å². The molecule has 1 nitrogen and oxygen atoms in total. The zero-order valence-corrected chi connectivity index (χ0v) is 11.9. The van der Waals surface area contributed by atoms with Crippen molar-refractivity contribution in [2.24, 2.45) is 0 Å². The molecule has 3 heteroatoms. The Kier molecular flexibility index (Phi) is 6.65. The van der Waals surface area contributed by atoms with Gasteiger partial charge in [0, 0.05) is 9.38 Å². The van der Waals surface area contributed by atoms with Crippen molar-refractivity contribution >= 4 is 26.7 Å². The number of hydrogen-bond acceptors (Lipinski definition) is 1. The Hall–Kier alpha value is -0.410. The molecule has 0 radical (unpaired) electrons. The number of rotatable bonds is 6. The summed E-state index contributed by atoms with van der Waals surface area (Å²) in [6, 6.07) is 9.58. The Morgan fingerprint density at radius 1 is 1.38 bits per heavy atom. The molecule has 88 valence electrons. The van der Waals surface area contributed by atoms with Crippen molar-refractivity contribution in [1.82, 2.24) is 0 Å². The van der Waals surface area contributed by atoms with Crippen LogP contribution in [0.3, 0.4) is 0 Å². The number of halogens is 1. The summed E-state index contributed by atoms with van der Waals surface area (Å²) < 4.78 is 13.0. The molecule has 1 rings (SSSR count). The van der Waals surface area contributed by atoms with Gasteiger partial charge in [0.2, 0.25) is 0 Å². The Bertz CT molecular complexity index is 359. The molecule has 1 unspecified atom stereocenters. The average molecular weight is 301 g/mol. The summed E-state index contributed by atoms with van der Waals surface area (Å²) in [7, 11) is -0.934. The second kappa shape index (κ2) is 7.80. The molecule has 16 heavy (non-hydrogen) atoms. The number of benzene rings is 1. The van der Waals surface area contributed by atoms with Crippen LogP contribution < -0.4 is 0 Å². The van der Waals surface area contributed by atoms with E-state index >= 15 is 0 Å². The van der Waals surface area contributed by atoms with Crippen LogP contribution in [0.4, 0.5) is 0 Å². The summed E-state index contributed by atoms with van der Waals surface area (Å²) in [5, 5.41) is 0. The van der Waals surface area contributed by atoms with Crippen LogP contribution in [0.15, 0.2) is 45.8 Å². The fourth-order valence-electron chi connectivity index (χ4n) is 1.30. The molecule has 0 spiro atoms. The van der Waals surface area contributed by atoms with E-state index in [1.807, 2.05) is 30.3 Å². The third kappa shape index (κ3) is 5.08. The van der Waals surface area contributed by atoms with E-state index in [4.69, 9.17) is 0 Å². The first-order chi connectivity index (χ1) is 7.74. The van der Waals surface area contributed by atoms with Gasteiger partial charge in [0.05, 0.1) is 16.6 Å². The smallest absolute Gasteiger partial charge is 0.0595 e. The highest BCUT2D eigenvalue weighted by Gasteiger charge is 2.04. The molecule has 0 saturated carbocycles. The van der Waals surface area contributed by atoms with E-state index in [1.165, 1.54) is 12.8 Å². The predicted molar refractivity (Wildman–Crippen MR) is 74.3 cm³/mol. The van der Waals surface area contributed by atoms with E-state index in [0.29, 0.717) is 5.75 Å². The van der Waals surface area contributed by atoms with Gasteiger partial charge in [-0.25, -0.2) is 0 Å². The molecule has 1 atom stereocenters. The van der Waals surface area contributed by atoms with E-state index in [2.05, 4.69) is 28.9 Å². The zero-order valence-electron chi connectivity index (χ0n) is 9.49. The lowest BCUT2D eigenvalue weighted by atomic mass is 10.2. The third-order valence-corrected chi connectivity index (χ3v) is 4.54. The summed E-state index contributed by atoms with van der Waals surface area (Å²) in [5.74, 6) is 0.577. The fraction of sp³-hybridized carbons (Fsp3) is 0.385. The molecule has 0 N–H and O–H groups in total. The monoisotopic (exact) mass is 300 g/mol. The Balaban J connectivity index is 2.48. The highest BCUT2D eigenvalue weighted by Crippen LogP contribution is 2.14. The Morgan fingerprint density at radius 2 is 2.06 bits per heavy atom. The van der Waals surface area contributed by atoms with Crippen LogP contribution in [0.1, 0.15) is 26.2 Å². The molecule has 0 fully saturated rings. The van der Waals surface area contributed by atoms with Crippen LogP contribution >= 0.6 is 15.9 Å². The van der Waals surface area contributed by atoms with E-state index < -0.39 is 10.8 Å². The van der Waals surface area contributed by atoms with Crippen LogP contribution in [0.5, 0.6) is 0 Å². The summed E-state index contributed by atoms with van der Waals surface area (Å²) in [4.78, 5) is 0.892. The highest BCUT2D eigenvalue weighted by molar-refractivity contribution is 9.11. The van der Waals surface area contributed by atoms with Crippen molar-refractivity contribution in [3.05, 3.63) is 40.9 Å². The van der Waals surface area contributed by atoms with Gasteiger partial charge in [-0.3, -0.25) is 4.21 Å². The minimum Gasteiger partial charge on any atom is -0.254 e. The van der Waals surface area contributed by atoms with Crippen LogP contribution in [-0.4, -0.2) is 9.96 Å². The van der Waals surface area contributed by atoms with Crippen molar-refractivity contribution in [3.8, 4) is 0 Å². The van der Waals surface area contributed by atoms with Gasteiger partial charge in [-0.15, -0.1) is 0 Å². The second-order valence-electron chi connectivity index (χ2n) is 3.60. The molecular weight excluding hydrogens is 284 g/mol. The lowest BCUT2D eigenvalue weighted by Gasteiger charge is -2.01. The number of allylic oxidation sites excluding steroid dienone is 1. The molecule has 0 amide bonds. The average Bonchev–Trinajstić information content (AvgIpc) is 2.30. The minimum absolute atomic E-state index is 0.577. The third-order valence-electron chi connectivity index (χ3n) is 2.20. The molecular formula is C13H17BrOS. The normalized spacial score (nSPS) is 13.8. The molecule has 0 heterocycles. The summed E-state index contributed by atoms with van der Waals surface area (Å²) in [6.45, 7) is 2.17. The SMILES string of the molecule is CCCC/C=C(/Br)CS(=O)c1ccccc1. The lowest BCUT2D eigenvalue weighted by molar-refractivity contribution is 0.685. The quantitative estimate of drug-likeness (QED) is 0.717. The molecule has 0 bridgehead atoms. The van der Waals surface area contributed by atoms with E-state index in [-0.39, 0.29) is 0 Å². The van der Waals surface area contributed by atoms with Gasteiger partial charge in [-0.05, 0) is 18.6 Å². The fourth-order valence-corrected chi connectivity index (χ4v) is 3.15. The van der Waals surface area contributed by atoms with Gasteiger partial charge in [-0.2, -0.15) is 0 Å². The second-order valence-corrected chi connectivity index (χ2v) is 6.07. The van der Waals surface area contributed by atoms with E-state index in [1.54, 1.807) is 0 Å². The van der Waals surface area contributed by atoms with Gasteiger partial charge in [0.1, 0.15) is 0 Å². The van der Waals surface area contributed by atoms with Crippen LogP contribution in [-0.2, 0) is 10.8 Å². The molecule has 1 aromatic rings. The highest BCUT2D eigenvalue weighted by atomic mass is 79.9. The molecule has 0 aliphatic heterocycles. The van der Waals surface area contributed by atoms with Crippen molar-refractivity contribution in [3.63, 3.8) is 0 Å². The van der Waals surface area contributed by atoms with Gasteiger partial charge < -0.3 is 0 Å². The topological polar surface area (TPSA) is 17.1 Å². The first kappa shape index (κ1) is 13.7. The van der Waals surface area contributed by atoms with Crippen molar-refractivity contribution < 1.29 is 4.21 Å². The molecule has 0 aliphatic rings. The lowest BCUT2D eigenvalue weighted by Crippen LogP contribution is -1.97. The van der Waals surface area contributed by atoms with Crippen molar-refractivity contribution in [2.75, 3.05) is 5.75 Å². The van der Waals surface area contributed by atoms with Crippen LogP contribution in [0.2, 0.25) is 0 Å². The number of unbranched alkanes of at least 4 members (excludes halogenated alkanes) is 2. The van der Waals surface area contributed by atoms with Crippen LogP contribution in [0.25, 0.3) is 0 Å². The molecule has 0 aliphatic carbocycles. The van der Waals surface area contributed by atoms with Gasteiger partial charge >= 0.3 is 0 Å². The van der Waals surface area contributed by atoms with Gasteiger partial charge in [0.25, 0.3) is 0 Å². The summed E-state index contributed by atoms with van der Waals surface area (Å²) >= 11 is 3.47. The predicted octanol–water partition coefficient (Wildman–Crippen LogP) is 4.26. The maximum atomic E-state index is 11.9. The van der Waals surface area contributed by atoms with Gasteiger partial charge in [0.15, 0.2) is 0 Å². The summed E-state index contributed by atoms with van der Waals surface area (Å²) in [5.41, 5.74) is 0.